The predicted molar refractivity (Wildman–Crippen MR) is 146 cm³/mol. The van der Waals surface area contributed by atoms with Gasteiger partial charge in [-0.3, -0.25) is 4.79 Å². The van der Waals surface area contributed by atoms with E-state index in [2.05, 4.69) is 12.2 Å². The summed E-state index contributed by atoms with van der Waals surface area (Å²) < 4.78 is 0. The lowest BCUT2D eigenvalue weighted by atomic mass is 9.87. The van der Waals surface area contributed by atoms with Gasteiger partial charge in [0.2, 0.25) is 5.91 Å². The molecule has 0 spiro atoms. The second-order valence-corrected chi connectivity index (χ2v) is 10.7. The van der Waals surface area contributed by atoms with E-state index in [1.54, 1.807) is 12.1 Å². The van der Waals surface area contributed by atoms with E-state index >= 15 is 0 Å². The van der Waals surface area contributed by atoms with Crippen molar-refractivity contribution in [1.82, 2.24) is 5.32 Å². The minimum Gasteiger partial charge on any atom is -0.394 e. The van der Waals surface area contributed by atoms with E-state index in [1.165, 1.54) is 57.8 Å². The third-order valence-corrected chi connectivity index (χ3v) is 7.11. The normalized spacial score (nSPS) is 15.1. The number of hydrogen-bond acceptors (Lipinski definition) is 4. The minimum atomic E-state index is -1.21. The summed E-state index contributed by atoms with van der Waals surface area (Å²) in [5, 5.41) is 34.2. The smallest absolute Gasteiger partial charge is 0.228 e. The molecule has 202 valence electrons. The number of carbonyl (C=O) groups excluding carboxylic acids is 1. The van der Waals surface area contributed by atoms with Crippen molar-refractivity contribution in [1.29, 1.82) is 0 Å². The van der Waals surface area contributed by atoms with Crippen LogP contribution >= 0.6 is 11.6 Å². The Balaban J connectivity index is 2.34. The van der Waals surface area contributed by atoms with Gasteiger partial charge in [0.15, 0.2) is 0 Å². The number of hydrogen-bond donors (Lipinski definition) is 4. The monoisotopic (exact) mass is 511 g/mol. The van der Waals surface area contributed by atoms with Crippen LogP contribution in [-0.2, 0) is 4.79 Å². The average Bonchev–Trinajstić information content (AvgIpc) is 2.83. The molecule has 1 unspecified atom stereocenters. The maximum Gasteiger partial charge on any atom is 0.228 e. The number of aliphatic hydroxyl groups is 3. The molecule has 1 aromatic rings. The molecule has 1 amide bonds. The SMILES string of the molecule is CCCCCCCCCCCCCC[C@@H](O)[C@@H](O)[C@H](CO)NC(=O)C(c1ccc(Cl)cc1)C(C)C. The van der Waals surface area contributed by atoms with Gasteiger partial charge in [-0.05, 0) is 30.0 Å². The van der Waals surface area contributed by atoms with Crippen LogP contribution in [0.5, 0.6) is 0 Å². The van der Waals surface area contributed by atoms with E-state index in [1.807, 2.05) is 26.0 Å². The van der Waals surface area contributed by atoms with Crippen molar-refractivity contribution in [3.8, 4) is 0 Å². The number of carbonyl (C=O) groups is 1. The summed E-state index contributed by atoms with van der Waals surface area (Å²) in [6.07, 6.45) is 13.1. The van der Waals surface area contributed by atoms with Gasteiger partial charge in [-0.2, -0.15) is 0 Å². The summed E-state index contributed by atoms with van der Waals surface area (Å²) in [5.74, 6) is -0.710. The molecule has 4 atom stereocenters. The highest BCUT2D eigenvalue weighted by atomic mass is 35.5. The molecule has 1 rings (SSSR count). The zero-order valence-electron chi connectivity index (χ0n) is 22.2. The Hall–Kier alpha value is -1.14. The summed E-state index contributed by atoms with van der Waals surface area (Å²) in [6, 6.07) is 6.22. The minimum absolute atomic E-state index is 0.0126. The quantitative estimate of drug-likeness (QED) is 0.153. The van der Waals surface area contributed by atoms with Crippen molar-refractivity contribution in [2.24, 2.45) is 5.92 Å². The Labute approximate surface area is 218 Å². The Morgan fingerprint density at radius 3 is 1.80 bits per heavy atom. The van der Waals surface area contributed by atoms with Gasteiger partial charge in [0.1, 0.15) is 6.10 Å². The fourth-order valence-corrected chi connectivity index (χ4v) is 4.78. The first-order chi connectivity index (χ1) is 16.8. The second-order valence-electron chi connectivity index (χ2n) is 10.3. The van der Waals surface area contributed by atoms with Gasteiger partial charge in [-0.25, -0.2) is 0 Å². The first-order valence-electron chi connectivity index (χ1n) is 13.8. The molecule has 4 N–H and O–H groups in total. The Bertz CT molecular complexity index is 667. The Morgan fingerprint density at radius 2 is 1.34 bits per heavy atom. The van der Waals surface area contributed by atoms with Crippen LogP contribution in [-0.4, -0.2) is 46.1 Å². The molecule has 1 aromatic carbocycles. The number of aliphatic hydroxyl groups excluding tert-OH is 3. The van der Waals surface area contributed by atoms with Crippen LogP contribution in [0.15, 0.2) is 24.3 Å². The second kappa shape index (κ2) is 19.0. The molecule has 0 bridgehead atoms. The summed E-state index contributed by atoms with van der Waals surface area (Å²) in [5.41, 5.74) is 0.824. The Morgan fingerprint density at radius 1 is 0.857 bits per heavy atom. The number of unbranched alkanes of at least 4 members (excludes halogenated alkanes) is 11. The molecule has 5 nitrogen and oxygen atoms in total. The lowest BCUT2D eigenvalue weighted by Crippen LogP contribution is -2.52. The summed E-state index contributed by atoms with van der Waals surface area (Å²) in [4.78, 5) is 13.0. The molecule has 0 fully saturated rings. The zero-order chi connectivity index (χ0) is 26.1. The average molecular weight is 512 g/mol. The van der Waals surface area contributed by atoms with Crippen LogP contribution in [0.25, 0.3) is 0 Å². The molecule has 0 aromatic heterocycles. The van der Waals surface area contributed by atoms with Crippen LogP contribution in [0.4, 0.5) is 0 Å². The van der Waals surface area contributed by atoms with Gasteiger partial charge in [0.05, 0.1) is 24.7 Å². The molecule has 35 heavy (non-hydrogen) atoms. The molecular formula is C29H50ClNO4. The highest BCUT2D eigenvalue weighted by Gasteiger charge is 2.31. The van der Waals surface area contributed by atoms with Crippen molar-refractivity contribution in [2.75, 3.05) is 6.61 Å². The standard InChI is InChI=1S/C29H50ClNO4/c1-4-5-6-7-8-9-10-11-12-13-14-15-16-26(33)28(34)25(21-32)31-29(35)27(22(2)3)23-17-19-24(30)20-18-23/h17-20,22,25-28,32-34H,4-16,21H2,1-3H3,(H,31,35)/t25-,26+,27?,28-/m0/s1. The number of amides is 1. The topological polar surface area (TPSA) is 89.8 Å². The number of benzene rings is 1. The number of nitrogens with one attached hydrogen (secondary N) is 1. The van der Waals surface area contributed by atoms with Crippen molar-refractivity contribution < 1.29 is 20.1 Å². The fourth-order valence-electron chi connectivity index (χ4n) is 4.65. The van der Waals surface area contributed by atoms with Gasteiger partial charge < -0.3 is 20.6 Å². The molecule has 0 aliphatic heterocycles. The molecular weight excluding hydrogens is 462 g/mol. The van der Waals surface area contributed by atoms with Crippen molar-refractivity contribution in [2.45, 2.75) is 128 Å². The molecule has 0 saturated carbocycles. The Kier molecular flexibility index (Phi) is 17.3. The van der Waals surface area contributed by atoms with Gasteiger partial charge in [-0.15, -0.1) is 0 Å². The lowest BCUT2D eigenvalue weighted by Gasteiger charge is -2.29. The van der Waals surface area contributed by atoms with Crippen molar-refractivity contribution >= 4 is 17.5 Å². The van der Waals surface area contributed by atoms with Crippen LogP contribution in [0.1, 0.15) is 116 Å². The summed E-state index contributed by atoms with van der Waals surface area (Å²) in [7, 11) is 0. The summed E-state index contributed by atoms with van der Waals surface area (Å²) >= 11 is 5.97. The first kappa shape index (κ1) is 31.9. The molecule has 0 radical (unpaired) electrons. The summed E-state index contributed by atoms with van der Waals surface area (Å²) in [6.45, 7) is 5.71. The van der Waals surface area contributed by atoms with Crippen LogP contribution in [0.2, 0.25) is 5.02 Å². The largest absolute Gasteiger partial charge is 0.394 e. The maximum atomic E-state index is 13.0. The first-order valence-corrected chi connectivity index (χ1v) is 14.2. The van der Waals surface area contributed by atoms with Gasteiger partial charge in [0, 0.05) is 5.02 Å². The molecule has 6 heteroatoms. The third-order valence-electron chi connectivity index (χ3n) is 6.86. The highest BCUT2D eigenvalue weighted by Crippen LogP contribution is 2.26. The van der Waals surface area contributed by atoms with E-state index in [0.717, 1.165) is 24.8 Å². The predicted octanol–water partition coefficient (Wildman–Crippen LogP) is 6.37. The van der Waals surface area contributed by atoms with Gasteiger partial charge in [0.25, 0.3) is 0 Å². The zero-order valence-corrected chi connectivity index (χ0v) is 23.0. The van der Waals surface area contributed by atoms with E-state index in [0.29, 0.717) is 11.4 Å². The molecule has 0 aliphatic carbocycles. The van der Waals surface area contributed by atoms with Crippen LogP contribution < -0.4 is 5.32 Å². The third kappa shape index (κ3) is 13.1. The van der Waals surface area contributed by atoms with E-state index in [-0.39, 0.29) is 11.8 Å². The maximum absolute atomic E-state index is 13.0. The van der Waals surface area contributed by atoms with Gasteiger partial charge in [-0.1, -0.05) is 122 Å². The van der Waals surface area contributed by atoms with Crippen LogP contribution in [0, 0.1) is 5.92 Å². The number of rotatable bonds is 20. The van der Waals surface area contributed by atoms with Gasteiger partial charge >= 0.3 is 0 Å². The van der Waals surface area contributed by atoms with E-state index < -0.39 is 30.8 Å². The molecule has 0 aliphatic rings. The fraction of sp³-hybridized carbons (Fsp3) is 0.759. The van der Waals surface area contributed by atoms with Crippen LogP contribution in [0.3, 0.4) is 0 Å². The van der Waals surface area contributed by atoms with Crippen molar-refractivity contribution in [3.05, 3.63) is 34.9 Å². The van der Waals surface area contributed by atoms with E-state index in [4.69, 9.17) is 11.6 Å². The molecule has 0 saturated heterocycles. The van der Waals surface area contributed by atoms with E-state index in [9.17, 15) is 20.1 Å². The lowest BCUT2D eigenvalue weighted by molar-refractivity contribution is -0.126. The number of halogens is 1. The molecule has 0 heterocycles. The van der Waals surface area contributed by atoms with Crippen molar-refractivity contribution in [3.63, 3.8) is 0 Å². The highest BCUT2D eigenvalue weighted by molar-refractivity contribution is 6.30.